The molecular weight excluding hydrogens is 369 g/mol. The fourth-order valence-electron chi connectivity index (χ4n) is 1.67. The van der Waals surface area contributed by atoms with Gasteiger partial charge in [0.15, 0.2) is 0 Å². The van der Waals surface area contributed by atoms with Gasteiger partial charge < -0.3 is 5.32 Å². The quantitative estimate of drug-likeness (QED) is 0.814. The summed E-state index contributed by atoms with van der Waals surface area (Å²) in [5.74, 6) is -0.197. The molecule has 1 heterocycles. The molecule has 1 aromatic carbocycles. The van der Waals surface area contributed by atoms with Gasteiger partial charge in [0.25, 0.3) is 0 Å². The molecule has 0 fully saturated rings. The van der Waals surface area contributed by atoms with Crippen LogP contribution >= 0.6 is 43.2 Å². The maximum Gasteiger partial charge on any atom is 0.128 e. The van der Waals surface area contributed by atoms with Gasteiger partial charge in [0.05, 0.1) is 9.83 Å². The average molecular weight is 379 g/mol. The molecule has 1 unspecified atom stereocenters. The molecule has 5 heteroatoms. The lowest BCUT2D eigenvalue weighted by atomic mass is 10.1. The van der Waals surface area contributed by atoms with E-state index in [1.54, 1.807) is 17.4 Å². The van der Waals surface area contributed by atoms with Gasteiger partial charge in [-0.15, -0.1) is 11.3 Å². The Balaban J connectivity index is 2.45. The molecule has 1 atom stereocenters. The maximum atomic E-state index is 13.8. The van der Waals surface area contributed by atoms with Crippen LogP contribution in [0, 0.1) is 5.82 Å². The zero-order valence-electron chi connectivity index (χ0n) is 9.01. The highest BCUT2D eigenvalue weighted by Gasteiger charge is 2.18. The third-order valence-electron chi connectivity index (χ3n) is 2.44. The summed E-state index contributed by atoms with van der Waals surface area (Å²) in [4.78, 5) is 1.08. The van der Waals surface area contributed by atoms with Crippen molar-refractivity contribution < 1.29 is 4.39 Å². The zero-order chi connectivity index (χ0) is 12.4. The SMILES string of the molecule is CNC(c1ccc(Br)s1)c1cc(Br)ccc1F. The average Bonchev–Trinajstić information content (AvgIpc) is 2.71. The van der Waals surface area contributed by atoms with E-state index in [9.17, 15) is 4.39 Å². The lowest BCUT2D eigenvalue weighted by molar-refractivity contribution is 0.579. The number of nitrogens with one attached hydrogen (secondary N) is 1. The number of benzene rings is 1. The Morgan fingerprint density at radius 2 is 2.00 bits per heavy atom. The Bertz CT molecular complexity index is 527. The van der Waals surface area contributed by atoms with Crippen LogP contribution in [0.1, 0.15) is 16.5 Å². The van der Waals surface area contributed by atoms with Gasteiger partial charge >= 0.3 is 0 Å². The Morgan fingerprint density at radius 3 is 2.59 bits per heavy atom. The van der Waals surface area contributed by atoms with Crippen molar-refractivity contribution in [3.8, 4) is 0 Å². The van der Waals surface area contributed by atoms with Crippen LogP contribution in [0.15, 0.2) is 38.6 Å². The molecule has 0 bridgehead atoms. The van der Waals surface area contributed by atoms with Gasteiger partial charge in [-0.3, -0.25) is 0 Å². The van der Waals surface area contributed by atoms with Crippen molar-refractivity contribution in [2.75, 3.05) is 7.05 Å². The molecule has 0 radical (unpaired) electrons. The lowest BCUT2D eigenvalue weighted by Crippen LogP contribution is -2.17. The highest BCUT2D eigenvalue weighted by Crippen LogP contribution is 2.33. The van der Waals surface area contributed by atoms with E-state index in [-0.39, 0.29) is 11.9 Å². The van der Waals surface area contributed by atoms with Gasteiger partial charge in [-0.1, -0.05) is 15.9 Å². The minimum absolute atomic E-state index is 0.121. The summed E-state index contributed by atoms with van der Waals surface area (Å²) in [6.45, 7) is 0. The van der Waals surface area contributed by atoms with E-state index in [0.717, 1.165) is 13.1 Å². The highest BCUT2D eigenvalue weighted by molar-refractivity contribution is 9.11. The molecular formula is C12H10Br2FNS. The molecule has 1 nitrogen and oxygen atoms in total. The van der Waals surface area contributed by atoms with Crippen molar-refractivity contribution in [3.63, 3.8) is 0 Å². The number of halogens is 3. The van der Waals surface area contributed by atoms with Gasteiger partial charge in [-0.05, 0) is 53.3 Å². The first-order valence-corrected chi connectivity index (χ1v) is 7.39. The van der Waals surface area contributed by atoms with Crippen molar-refractivity contribution in [3.05, 3.63) is 54.8 Å². The number of hydrogen-bond donors (Lipinski definition) is 1. The Kier molecular flexibility index (Phi) is 4.36. The monoisotopic (exact) mass is 377 g/mol. The predicted molar refractivity (Wildman–Crippen MR) is 77.0 cm³/mol. The van der Waals surface area contributed by atoms with Crippen LogP contribution in [0.2, 0.25) is 0 Å². The van der Waals surface area contributed by atoms with Crippen LogP contribution in [0.5, 0.6) is 0 Å². The molecule has 0 aliphatic heterocycles. The Hall–Kier alpha value is -0.230. The summed E-state index contributed by atoms with van der Waals surface area (Å²) in [5.41, 5.74) is 0.649. The first-order chi connectivity index (χ1) is 8.11. The van der Waals surface area contributed by atoms with Gasteiger partial charge in [0.1, 0.15) is 5.82 Å². The van der Waals surface area contributed by atoms with Crippen LogP contribution in [0.4, 0.5) is 4.39 Å². The number of thiophene rings is 1. The van der Waals surface area contributed by atoms with Crippen LogP contribution in [-0.2, 0) is 0 Å². The minimum atomic E-state index is -0.197. The van der Waals surface area contributed by atoms with Gasteiger partial charge in [-0.2, -0.15) is 0 Å². The van der Waals surface area contributed by atoms with Gasteiger partial charge in [-0.25, -0.2) is 4.39 Å². The molecule has 17 heavy (non-hydrogen) atoms. The first kappa shape index (κ1) is 13.2. The molecule has 1 N–H and O–H groups in total. The second-order valence-electron chi connectivity index (χ2n) is 3.53. The van der Waals surface area contributed by atoms with Crippen LogP contribution in [-0.4, -0.2) is 7.05 Å². The summed E-state index contributed by atoms with van der Waals surface area (Å²) < 4.78 is 15.8. The van der Waals surface area contributed by atoms with Crippen LogP contribution in [0.25, 0.3) is 0 Å². The zero-order valence-corrected chi connectivity index (χ0v) is 13.0. The van der Waals surface area contributed by atoms with Gasteiger partial charge in [0, 0.05) is 14.9 Å². The Morgan fingerprint density at radius 1 is 1.24 bits per heavy atom. The van der Waals surface area contributed by atoms with Crippen molar-refractivity contribution in [1.29, 1.82) is 0 Å². The molecule has 2 aromatic rings. The Labute approximate surface area is 120 Å². The van der Waals surface area contributed by atoms with E-state index < -0.39 is 0 Å². The molecule has 0 amide bonds. The van der Waals surface area contributed by atoms with E-state index >= 15 is 0 Å². The molecule has 0 spiro atoms. The van der Waals surface area contributed by atoms with E-state index in [1.165, 1.54) is 6.07 Å². The second kappa shape index (κ2) is 5.61. The number of rotatable bonds is 3. The van der Waals surface area contributed by atoms with Gasteiger partial charge in [0.2, 0.25) is 0 Å². The first-order valence-electron chi connectivity index (χ1n) is 4.99. The summed E-state index contributed by atoms with van der Waals surface area (Å²) in [6, 6.07) is 8.84. The fourth-order valence-corrected chi connectivity index (χ4v) is 3.60. The predicted octanol–water partition coefficient (Wildman–Crippen LogP) is 4.72. The third kappa shape index (κ3) is 2.96. The van der Waals surface area contributed by atoms with Crippen LogP contribution < -0.4 is 5.32 Å². The van der Waals surface area contributed by atoms with E-state index in [4.69, 9.17) is 0 Å². The molecule has 0 saturated heterocycles. The highest BCUT2D eigenvalue weighted by atomic mass is 79.9. The molecule has 2 rings (SSSR count). The van der Waals surface area contributed by atoms with Crippen molar-refractivity contribution in [2.45, 2.75) is 6.04 Å². The van der Waals surface area contributed by atoms with E-state index in [2.05, 4.69) is 37.2 Å². The fraction of sp³-hybridized carbons (Fsp3) is 0.167. The maximum absolute atomic E-state index is 13.8. The third-order valence-corrected chi connectivity index (χ3v) is 4.62. The van der Waals surface area contributed by atoms with Crippen molar-refractivity contribution >= 4 is 43.2 Å². The topological polar surface area (TPSA) is 12.0 Å². The summed E-state index contributed by atoms with van der Waals surface area (Å²) >= 11 is 8.40. The summed E-state index contributed by atoms with van der Waals surface area (Å²) in [7, 11) is 1.83. The largest absolute Gasteiger partial charge is 0.309 e. The molecule has 0 saturated carbocycles. The standard InChI is InChI=1S/C12H10Br2FNS/c1-16-12(10-4-5-11(14)17-10)8-6-7(13)2-3-9(8)15/h2-6,12,16H,1H3. The van der Waals surface area contributed by atoms with Crippen LogP contribution in [0.3, 0.4) is 0 Å². The molecule has 1 aromatic heterocycles. The lowest BCUT2D eigenvalue weighted by Gasteiger charge is -2.16. The molecule has 0 aliphatic carbocycles. The molecule has 0 aliphatic rings. The normalized spacial score (nSPS) is 12.7. The summed E-state index contributed by atoms with van der Waals surface area (Å²) in [6.07, 6.45) is 0. The van der Waals surface area contributed by atoms with Crippen molar-refractivity contribution in [2.24, 2.45) is 0 Å². The number of hydrogen-bond acceptors (Lipinski definition) is 2. The second-order valence-corrected chi connectivity index (χ2v) is 6.94. The summed E-state index contributed by atoms with van der Waals surface area (Å²) in [5, 5.41) is 3.14. The smallest absolute Gasteiger partial charge is 0.128 e. The van der Waals surface area contributed by atoms with E-state index in [0.29, 0.717) is 5.56 Å². The van der Waals surface area contributed by atoms with Crippen molar-refractivity contribution in [1.82, 2.24) is 5.32 Å². The molecule has 90 valence electrons. The van der Waals surface area contributed by atoms with E-state index in [1.807, 2.05) is 25.2 Å². The minimum Gasteiger partial charge on any atom is -0.309 e.